The van der Waals surface area contributed by atoms with Crippen molar-refractivity contribution < 1.29 is 16.7 Å². The second kappa shape index (κ2) is 5.73. The molecule has 0 bridgehead atoms. The largest absolute Gasteiger partial charge is 0.393 e. The average Bonchev–Trinajstić information content (AvgIpc) is 2.28. The highest BCUT2D eigenvalue weighted by Gasteiger charge is 1.95. The van der Waals surface area contributed by atoms with Gasteiger partial charge in [0.25, 0.3) is 0 Å². The first-order valence-corrected chi connectivity index (χ1v) is 4.03. The Morgan fingerprint density at radius 3 is 3.00 bits per heavy atom. The van der Waals surface area contributed by atoms with E-state index in [0.717, 1.165) is 5.56 Å². The molecule has 0 aromatic heterocycles. The molecule has 0 amide bonds. The van der Waals surface area contributed by atoms with Gasteiger partial charge in [-0.15, -0.1) is 0 Å². The molecule has 2 nitrogen and oxygen atoms in total. The smallest absolute Gasteiger partial charge is 0.0716 e. The van der Waals surface area contributed by atoms with E-state index in [1.807, 2.05) is 30.3 Å². The summed E-state index contributed by atoms with van der Waals surface area (Å²) in [7, 11) is 0. The number of ether oxygens (including phenoxy) is 1. The maximum Gasteiger partial charge on any atom is 0.0716 e. The minimum atomic E-state index is -2.75. The lowest BCUT2D eigenvalue weighted by Gasteiger charge is -2.05. The van der Waals surface area contributed by atoms with Crippen molar-refractivity contribution in [3.05, 3.63) is 35.9 Å². The van der Waals surface area contributed by atoms with Crippen LogP contribution in [0.25, 0.3) is 0 Å². The van der Waals surface area contributed by atoms with Crippen LogP contribution < -0.4 is 0 Å². The van der Waals surface area contributed by atoms with Gasteiger partial charge in [0.1, 0.15) is 0 Å². The normalized spacial score (nSPS) is 20.5. The van der Waals surface area contributed by atoms with E-state index in [1.54, 1.807) is 0 Å². The summed E-state index contributed by atoms with van der Waals surface area (Å²) in [6.45, 7) is -3.05. The highest BCUT2D eigenvalue weighted by Crippen LogP contribution is 2.01. The first-order valence-electron chi connectivity index (χ1n) is 6.53. The van der Waals surface area contributed by atoms with Gasteiger partial charge >= 0.3 is 0 Å². The first kappa shape index (κ1) is 5.13. The highest BCUT2D eigenvalue weighted by molar-refractivity contribution is 5.13. The molecule has 0 aliphatic heterocycles. The molecule has 0 saturated heterocycles. The van der Waals surface area contributed by atoms with Crippen LogP contribution in [0, 0.1) is 0 Å². The van der Waals surface area contributed by atoms with Crippen LogP contribution in [-0.4, -0.2) is 17.8 Å². The Morgan fingerprint density at radius 2 is 2.31 bits per heavy atom. The molecule has 1 unspecified atom stereocenters. The summed E-state index contributed by atoms with van der Waals surface area (Å²) in [4.78, 5) is 0. The lowest BCUT2D eigenvalue weighted by molar-refractivity contribution is 0.0801. The summed E-state index contributed by atoms with van der Waals surface area (Å²) < 4.78 is 41.0. The zero-order valence-electron chi connectivity index (χ0n) is 12.2. The van der Waals surface area contributed by atoms with E-state index in [0.29, 0.717) is 0 Å². The van der Waals surface area contributed by atoms with E-state index < -0.39 is 25.9 Å². The standard InChI is InChI=1S/C11H16O2/c1-10(12)7-8-13-9-11-5-3-2-4-6-11/h2-6,10,12H,7-9H2,1H3/i1D3,7D2. The van der Waals surface area contributed by atoms with Gasteiger partial charge in [0.15, 0.2) is 0 Å². The molecular weight excluding hydrogens is 164 g/mol. The van der Waals surface area contributed by atoms with Gasteiger partial charge in [0, 0.05) is 13.5 Å². The van der Waals surface area contributed by atoms with Crippen molar-refractivity contribution in [3.63, 3.8) is 0 Å². The van der Waals surface area contributed by atoms with Gasteiger partial charge in [-0.3, -0.25) is 0 Å². The number of aliphatic hydroxyl groups excluding tert-OH is 1. The minimum Gasteiger partial charge on any atom is -0.393 e. The van der Waals surface area contributed by atoms with Crippen LogP contribution in [-0.2, 0) is 11.3 Å². The van der Waals surface area contributed by atoms with Gasteiger partial charge in [-0.25, -0.2) is 0 Å². The summed E-state index contributed by atoms with van der Waals surface area (Å²) >= 11 is 0. The topological polar surface area (TPSA) is 29.5 Å². The summed E-state index contributed by atoms with van der Waals surface area (Å²) in [6, 6.07) is 9.13. The Bertz CT molecular complexity index is 363. The molecule has 0 heterocycles. The van der Waals surface area contributed by atoms with Crippen molar-refractivity contribution in [1.82, 2.24) is 0 Å². The van der Waals surface area contributed by atoms with E-state index >= 15 is 0 Å². The third-order valence-electron chi connectivity index (χ3n) is 1.49. The van der Waals surface area contributed by atoms with Crippen molar-refractivity contribution in [2.24, 2.45) is 0 Å². The molecule has 0 saturated carbocycles. The van der Waals surface area contributed by atoms with E-state index in [-0.39, 0.29) is 6.61 Å². The molecular formula is C11H16O2. The molecule has 0 aliphatic carbocycles. The highest BCUT2D eigenvalue weighted by atomic mass is 16.5. The van der Waals surface area contributed by atoms with E-state index in [9.17, 15) is 5.11 Å². The predicted octanol–water partition coefficient (Wildman–Crippen LogP) is 1.97. The van der Waals surface area contributed by atoms with E-state index in [2.05, 4.69) is 0 Å². The van der Waals surface area contributed by atoms with Crippen LogP contribution in [0.15, 0.2) is 30.3 Å². The number of benzene rings is 1. The van der Waals surface area contributed by atoms with Crippen LogP contribution in [0.2, 0.25) is 0 Å². The fourth-order valence-electron chi connectivity index (χ4n) is 0.881. The zero-order valence-corrected chi connectivity index (χ0v) is 7.23. The fourth-order valence-corrected chi connectivity index (χ4v) is 0.881. The second-order valence-electron chi connectivity index (χ2n) is 2.59. The van der Waals surface area contributed by atoms with E-state index in [1.165, 1.54) is 0 Å². The Balaban J connectivity index is 2.47. The van der Waals surface area contributed by atoms with Crippen molar-refractivity contribution in [2.45, 2.75) is 25.9 Å². The Morgan fingerprint density at radius 1 is 1.54 bits per heavy atom. The van der Waals surface area contributed by atoms with Gasteiger partial charge < -0.3 is 9.84 Å². The molecule has 0 spiro atoms. The lowest BCUT2D eigenvalue weighted by atomic mass is 10.2. The SMILES string of the molecule is [2H]C([2H])([2H])C(O)C([2H])([2H])COCc1ccccc1. The van der Waals surface area contributed by atoms with Crippen LogP contribution in [0.4, 0.5) is 0 Å². The molecule has 1 rings (SSSR count). The zero-order chi connectivity index (χ0) is 13.8. The Labute approximate surface area is 86.2 Å². The number of hydrogen-bond donors (Lipinski definition) is 1. The summed E-state index contributed by atoms with van der Waals surface area (Å²) in [5, 5.41) is 9.39. The molecule has 0 fully saturated rings. The molecule has 72 valence electrons. The second-order valence-corrected chi connectivity index (χ2v) is 2.59. The van der Waals surface area contributed by atoms with Gasteiger partial charge in [0.05, 0.1) is 12.7 Å². The number of hydrogen-bond acceptors (Lipinski definition) is 2. The Hall–Kier alpha value is -0.860. The summed E-state index contributed by atoms with van der Waals surface area (Å²) in [6.07, 6.45) is -4.36. The third kappa shape index (κ3) is 4.65. The van der Waals surface area contributed by atoms with Gasteiger partial charge in [-0.05, 0) is 18.8 Å². The molecule has 1 aromatic carbocycles. The molecule has 2 heteroatoms. The predicted molar refractivity (Wildman–Crippen MR) is 52.4 cm³/mol. The van der Waals surface area contributed by atoms with Crippen LogP contribution >= 0.6 is 0 Å². The number of aliphatic hydroxyl groups is 1. The van der Waals surface area contributed by atoms with Crippen molar-refractivity contribution in [3.8, 4) is 0 Å². The number of rotatable bonds is 5. The van der Waals surface area contributed by atoms with Crippen LogP contribution in [0.3, 0.4) is 0 Å². The maximum atomic E-state index is 9.39. The van der Waals surface area contributed by atoms with E-state index in [4.69, 9.17) is 11.6 Å². The van der Waals surface area contributed by atoms with Crippen molar-refractivity contribution >= 4 is 0 Å². The maximum absolute atomic E-state index is 9.39. The minimum absolute atomic E-state index is 0.175. The molecule has 1 atom stereocenters. The quantitative estimate of drug-likeness (QED) is 0.760. The molecule has 1 aromatic rings. The third-order valence-corrected chi connectivity index (χ3v) is 1.49. The van der Waals surface area contributed by atoms with Crippen molar-refractivity contribution in [2.75, 3.05) is 6.61 Å². The van der Waals surface area contributed by atoms with Gasteiger partial charge in [-0.1, -0.05) is 30.3 Å². The monoisotopic (exact) mass is 185 g/mol. The average molecular weight is 185 g/mol. The first-order chi connectivity index (χ1) is 8.23. The molecule has 0 radical (unpaired) electrons. The summed E-state index contributed by atoms with van der Waals surface area (Å²) in [5.41, 5.74) is 0.858. The Kier molecular flexibility index (Phi) is 2.26. The van der Waals surface area contributed by atoms with Crippen LogP contribution in [0.5, 0.6) is 0 Å². The molecule has 13 heavy (non-hydrogen) atoms. The lowest BCUT2D eigenvalue weighted by Crippen LogP contribution is -2.05. The summed E-state index contributed by atoms with van der Waals surface area (Å²) in [5.74, 6) is 0. The fraction of sp³-hybridized carbons (Fsp3) is 0.455. The van der Waals surface area contributed by atoms with Crippen LogP contribution in [0.1, 0.15) is 25.6 Å². The molecule has 1 N–H and O–H groups in total. The molecule has 0 aliphatic rings. The van der Waals surface area contributed by atoms with Gasteiger partial charge in [-0.2, -0.15) is 0 Å². The van der Waals surface area contributed by atoms with Gasteiger partial charge in [0.2, 0.25) is 0 Å². The van der Waals surface area contributed by atoms with Crippen molar-refractivity contribution in [1.29, 1.82) is 0 Å².